The summed E-state index contributed by atoms with van der Waals surface area (Å²) in [6.07, 6.45) is -1.02. The number of amides is 1. The molecule has 0 aliphatic carbocycles. The molecule has 12 heteroatoms. The molecular weight excluding hydrogens is 490 g/mol. The molecule has 1 atom stereocenters. The highest BCUT2D eigenvalue weighted by atomic mass is 35.5. The molecule has 3 aromatic rings. The van der Waals surface area contributed by atoms with Crippen molar-refractivity contribution in [2.24, 2.45) is 0 Å². The molecule has 36 heavy (non-hydrogen) atoms. The largest absolute Gasteiger partial charge is 0.493 e. The fourth-order valence-electron chi connectivity index (χ4n) is 3.19. The van der Waals surface area contributed by atoms with Crippen molar-refractivity contribution in [3.63, 3.8) is 0 Å². The van der Waals surface area contributed by atoms with Crippen LogP contribution >= 0.6 is 11.6 Å². The van der Waals surface area contributed by atoms with Crippen LogP contribution < -0.4 is 19.7 Å². The van der Waals surface area contributed by atoms with Crippen molar-refractivity contribution in [1.29, 1.82) is 0 Å². The number of aryl methyl sites for hydroxylation is 1. The topological polar surface area (TPSA) is 143 Å². The van der Waals surface area contributed by atoms with Gasteiger partial charge in [0, 0.05) is 36.5 Å². The summed E-state index contributed by atoms with van der Waals surface area (Å²) in [6, 6.07) is 7.27. The van der Waals surface area contributed by atoms with Gasteiger partial charge in [0.15, 0.2) is 11.5 Å². The lowest BCUT2D eigenvalue weighted by molar-refractivity contribution is -0.124. The number of carbonyl (C=O) groups is 1. The van der Waals surface area contributed by atoms with Crippen LogP contribution in [0.4, 0.5) is 5.82 Å². The summed E-state index contributed by atoms with van der Waals surface area (Å²) in [6.45, 7) is 5.14. The van der Waals surface area contributed by atoms with Gasteiger partial charge >= 0.3 is 0 Å². The number of hydrogen-bond donors (Lipinski definition) is 3. The number of nitrogens with zero attached hydrogens (tertiary/aromatic N) is 4. The van der Waals surface area contributed by atoms with Crippen LogP contribution in [0.15, 0.2) is 28.8 Å². The van der Waals surface area contributed by atoms with Crippen molar-refractivity contribution in [3.05, 3.63) is 35.0 Å². The first-order chi connectivity index (χ1) is 17.1. The van der Waals surface area contributed by atoms with Crippen LogP contribution in [-0.2, 0) is 4.79 Å². The molecule has 11 nitrogen and oxygen atoms in total. The molecule has 194 valence electrons. The third-order valence-corrected chi connectivity index (χ3v) is 5.62. The first-order valence-electron chi connectivity index (χ1n) is 11.2. The van der Waals surface area contributed by atoms with E-state index in [2.05, 4.69) is 39.2 Å². The second-order valence-corrected chi connectivity index (χ2v) is 8.81. The number of methoxy groups -OCH3 is 1. The maximum Gasteiger partial charge on any atom is 0.258 e. The predicted octanol–water partition coefficient (Wildman–Crippen LogP) is 2.46. The van der Waals surface area contributed by atoms with E-state index in [1.807, 2.05) is 26.1 Å². The van der Waals surface area contributed by atoms with Crippen LogP contribution in [-0.4, -0.2) is 77.3 Å². The molecule has 0 fully saturated rings. The molecule has 0 aliphatic heterocycles. The Morgan fingerprint density at radius 1 is 1.22 bits per heavy atom. The van der Waals surface area contributed by atoms with Gasteiger partial charge in [-0.15, -0.1) is 0 Å². The number of ether oxygens (including phenoxy) is 2. The number of anilines is 1. The Bertz CT molecular complexity index is 1200. The molecule has 0 radical (unpaired) electrons. The summed E-state index contributed by atoms with van der Waals surface area (Å²) < 4.78 is 16.6. The van der Waals surface area contributed by atoms with Crippen LogP contribution in [0.25, 0.3) is 22.8 Å². The van der Waals surface area contributed by atoms with Gasteiger partial charge in [0.05, 0.1) is 12.1 Å². The fraction of sp³-hybridized carbons (Fsp3) is 0.417. The summed E-state index contributed by atoms with van der Waals surface area (Å²) in [5.41, 5.74) is 2.10. The summed E-state index contributed by atoms with van der Waals surface area (Å²) in [5.74, 6) is 1.35. The SMILES string of the molecule is COc1cc(-c2noc(-c3cc(C)nc(N(C)C(C)C)c3)n2)cc(Cl)c1OC[C@@H](O)CNC(=O)CO. The van der Waals surface area contributed by atoms with Gasteiger partial charge in [-0.2, -0.15) is 4.98 Å². The first-order valence-corrected chi connectivity index (χ1v) is 11.6. The number of aromatic nitrogens is 3. The second kappa shape index (κ2) is 12.0. The van der Waals surface area contributed by atoms with E-state index in [9.17, 15) is 9.90 Å². The normalized spacial score (nSPS) is 11.9. The van der Waals surface area contributed by atoms with Crippen molar-refractivity contribution in [3.8, 4) is 34.3 Å². The monoisotopic (exact) mass is 519 g/mol. The maximum atomic E-state index is 11.1. The van der Waals surface area contributed by atoms with E-state index in [-0.39, 0.29) is 30.0 Å². The van der Waals surface area contributed by atoms with E-state index < -0.39 is 18.6 Å². The number of aliphatic hydroxyl groups excluding tert-OH is 2. The van der Waals surface area contributed by atoms with E-state index >= 15 is 0 Å². The van der Waals surface area contributed by atoms with Crippen molar-refractivity contribution >= 4 is 23.3 Å². The Balaban J connectivity index is 1.81. The van der Waals surface area contributed by atoms with Crippen molar-refractivity contribution in [2.45, 2.75) is 32.9 Å². The molecule has 1 amide bonds. The molecular formula is C24H30ClN5O6. The van der Waals surface area contributed by atoms with E-state index in [4.69, 9.17) is 30.7 Å². The lowest BCUT2D eigenvalue weighted by Crippen LogP contribution is -2.36. The van der Waals surface area contributed by atoms with Crippen molar-refractivity contribution in [2.75, 3.05) is 38.8 Å². The number of rotatable bonds is 11. The number of benzene rings is 1. The average molecular weight is 520 g/mol. The Hall–Kier alpha value is -3.41. The number of halogens is 1. The van der Waals surface area contributed by atoms with Gasteiger partial charge in [0.1, 0.15) is 25.1 Å². The second-order valence-electron chi connectivity index (χ2n) is 8.40. The van der Waals surface area contributed by atoms with E-state index in [0.29, 0.717) is 23.0 Å². The Morgan fingerprint density at radius 3 is 2.64 bits per heavy atom. The zero-order valence-corrected chi connectivity index (χ0v) is 21.5. The highest BCUT2D eigenvalue weighted by Crippen LogP contribution is 2.39. The van der Waals surface area contributed by atoms with E-state index in [1.165, 1.54) is 7.11 Å². The van der Waals surface area contributed by atoms with Gasteiger partial charge < -0.3 is 34.4 Å². The van der Waals surface area contributed by atoms with Gasteiger partial charge in [-0.3, -0.25) is 4.79 Å². The van der Waals surface area contributed by atoms with Crippen LogP contribution in [0.1, 0.15) is 19.5 Å². The summed E-state index contributed by atoms with van der Waals surface area (Å²) in [5, 5.41) is 25.4. The highest BCUT2D eigenvalue weighted by Gasteiger charge is 2.19. The number of aliphatic hydroxyl groups is 2. The minimum absolute atomic E-state index is 0.0911. The van der Waals surface area contributed by atoms with Crippen LogP contribution in [0.3, 0.4) is 0 Å². The average Bonchev–Trinajstić information content (AvgIpc) is 3.35. The number of pyridine rings is 1. The van der Waals surface area contributed by atoms with Gasteiger partial charge in [0.2, 0.25) is 11.7 Å². The molecule has 0 saturated carbocycles. The molecule has 0 saturated heterocycles. The zero-order chi connectivity index (χ0) is 26.4. The Morgan fingerprint density at radius 2 is 1.97 bits per heavy atom. The van der Waals surface area contributed by atoms with Crippen molar-refractivity contribution < 1.29 is 29.0 Å². The summed E-state index contributed by atoms with van der Waals surface area (Å²) >= 11 is 6.44. The smallest absolute Gasteiger partial charge is 0.258 e. The van der Waals surface area contributed by atoms with Crippen LogP contribution in [0.5, 0.6) is 11.5 Å². The van der Waals surface area contributed by atoms with E-state index in [0.717, 1.165) is 17.1 Å². The van der Waals surface area contributed by atoms with E-state index in [1.54, 1.807) is 12.1 Å². The van der Waals surface area contributed by atoms with Gasteiger partial charge in [-0.1, -0.05) is 16.8 Å². The van der Waals surface area contributed by atoms with Gasteiger partial charge in [-0.05, 0) is 45.0 Å². The predicted molar refractivity (Wildman–Crippen MR) is 134 cm³/mol. The summed E-state index contributed by atoms with van der Waals surface area (Å²) in [4.78, 5) is 22.3. The molecule has 0 spiro atoms. The molecule has 3 rings (SSSR count). The Labute approximate surface area is 214 Å². The minimum Gasteiger partial charge on any atom is -0.493 e. The molecule has 2 aromatic heterocycles. The summed E-state index contributed by atoms with van der Waals surface area (Å²) in [7, 11) is 3.42. The molecule has 1 aromatic carbocycles. The number of hydrogen-bond acceptors (Lipinski definition) is 10. The molecule has 0 aliphatic rings. The molecule has 3 N–H and O–H groups in total. The molecule has 0 unspecified atom stereocenters. The maximum absolute atomic E-state index is 11.1. The minimum atomic E-state index is -1.02. The number of carbonyl (C=O) groups excluding carboxylic acids is 1. The van der Waals surface area contributed by atoms with Crippen molar-refractivity contribution in [1.82, 2.24) is 20.4 Å². The van der Waals surface area contributed by atoms with Gasteiger partial charge in [-0.25, -0.2) is 4.98 Å². The van der Waals surface area contributed by atoms with Crippen LogP contribution in [0.2, 0.25) is 5.02 Å². The number of nitrogens with one attached hydrogen (secondary N) is 1. The highest BCUT2D eigenvalue weighted by molar-refractivity contribution is 6.32. The first kappa shape index (κ1) is 27.2. The fourth-order valence-corrected chi connectivity index (χ4v) is 3.46. The lowest BCUT2D eigenvalue weighted by Gasteiger charge is -2.23. The Kier molecular flexibility index (Phi) is 9.08. The third-order valence-electron chi connectivity index (χ3n) is 5.33. The molecule has 2 heterocycles. The van der Waals surface area contributed by atoms with Crippen LogP contribution in [0, 0.1) is 6.92 Å². The zero-order valence-electron chi connectivity index (χ0n) is 20.8. The standard InChI is InChI=1S/C24H30ClN5O6/c1-13(2)30(4)20-9-16(6-14(3)27-20)24-28-23(29-36-24)15-7-18(25)22(19(8-15)34-5)35-12-17(32)10-26-21(33)11-31/h6-9,13,17,31-32H,10-12H2,1-5H3,(H,26,33)/t17-/m0/s1. The van der Waals surface area contributed by atoms with Gasteiger partial charge in [0.25, 0.3) is 5.89 Å². The quantitative estimate of drug-likeness (QED) is 0.345. The molecule has 0 bridgehead atoms. The lowest BCUT2D eigenvalue weighted by atomic mass is 10.1. The third kappa shape index (κ3) is 6.62.